The van der Waals surface area contributed by atoms with E-state index in [-0.39, 0.29) is 6.61 Å². The van der Waals surface area contributed by atoms with Crippen LogP contribution >= 0.6 is 11.6 Å². The maximum absolute atomic E-state index is 13.3. The van der Waals surface area contributed by atoms with Gasteiger partial charge in [0.15, 0.2) is 0 Å². The molecule has 0 spiro atoms. The molecule has 0 bridgehead atoms. The molecule has 5 aromatic rings. The van der Waals surface area contributed by atoms with Crippen LogP contribution < -0.4 is 4.74 Å². The van der Waals surface area contributed by atoms with Crippen LogP contribution in [-0.4, -0.2) is 76.8 Å². The summed E-state index contributed by atoms with van der Waals surface area (Å²) in [6.07, 6.45) is 1.68. The average molecular weight is 673 g/mol. The Hall–Kier alpha value is -3.89. The first-order chi connectivity index (χ1) is 23.3. The van der Waals surface area contributed by atoms with Crippen LogP contribution in [0.1, 0.15) is 65.8 Å². The van der Waals surface area contributed by atoms with Crippen molar-refractivity contribution in [2.45, 2.75) is 52.6 Å². The number of carbonyl (C=O) groups is 1. The number of aliphatic hydroxyl groups is 1. The van der Waals surface area contributed by atoms with Gasteiger partial charge in [0.25, 0.3) is 0 Å². The van der Waals surface area contributed by atoms with Crippen LogP contribution in [0.4, 0.5) is 0 Å². The number of aliphatic hydroxyl groups excluding tert-OH is 1. The highest BCUT2D eigenvalue weighted by Gasteiger charge is 2.29. The quantitative estimate of drug-likeness (QED) is 0.101. The fourth-order valence-electron chi connectivity index (χ4n) is 6.86. The highest BCUT2D eigenvalue weighted by molar-refractivity contribution is 6.35. The summed E-state index contributed by atoms with van der Waals surface area (Å²) in [6, 6.07) is 16.3. The molecule has 1 atom stereocenters. The third-order valence-corrected chi connectivity index (χ3v) is 9.57. The molecule has 0 aliphatic carbocycles. The van der Waals surface area contributed by atoms with Crippen molar-refractivity contribution < 1.29 is 24.1 Å². The van der Waals surface area contributed by atoms with E-state index in [2.05, 4.69) is 48.0 Å². The summed E-state index contributed by atoms with van der Waals surface area (Å²) in [5.74, 6) is 0.429. The Labute approximate surface area is 286 Å². The van der Waals surface area contributed by atoms with E-state index in [9.17, 15) is 9.90 Å². The van der Waals surface area contributed by atoms with Crippen molar-refractivity contribution in [2.24, 2.45) is 7.05 Å². The molecule has 48 heavy (non-hydrogen) atoms. The number of rotatable bonds is 13. The molecule has 0 unspecified atom stereocenters. The van der Waals surface area contributed by atoms with Crippen LogP contribution in [0.2, 0.25) is 5.02 Å². The van der Waals surface area contributed by atoms with E-state index < -0.39 is 12.1 Å². The van der Waals surface area contributed by atoms with Crippen molar-refractivity contribution in [3.05, 3.63) is 81.8 Å². The van der Waals surface area contributed by atoms with Gasteiger partial charge < -0.3 is 24.3 Å². The predicted octanol–water partition coefficient (Wildman–Crippen LogP) is 7.19. The van der Waals surface area contributed by atoms with Gasteiger partial charge in [-0.1, -0.05) is 60.5 Å². The van der Waals surface area contributed by atoms with E-state index in [1.807, 2.05) is 36.0 Å². The lowest BCUT2D eigenvalue weighted by molar-refractivity contribution is 0.0297. The average Bonchev–Trinajstić information content (AvgIpc) is 3.62. The zero-order chi connectivity index (χ0) is 33.8. The minimum Gasteiger partial charge on any atom is -0.493 e. The molecular formula is C38H45ClN4O5. The number of aromatic nitrogens is 3. The molecule has 0 radical (unpaired) electrons. The standard InChI is InChI=1S/C38H45ClN4O5/c1-5-30-34(37(41-42(30)4)31(44)16-17-43-18-21-46-22-19-43)33-29(39)15-14-28-27(36(40-35(28)33)38(45)47-6-2)10-8-20-48-32-11-7-9-25-23-24(3)12-13-26(25)32/h7,9,11-15,23,31,40,44H,5-6,8,10,16-22H2,1-4H3/t31-/m1/s1. The first-order valence-corrected chi connectivity index (χ1v) is 17.3. The van der Waals surface area contributed by atoms with Gasteiger partial charge in [-0.3, -0.25) is 9.58 Å². The lowest BCUT2D eigenvalue weighted by Gasteiger charge is -2.27. The summed E-state index contributed by atoms with van der Waals surface area (Å²) in [6.45, 7) is 10.5. The van der Waals surface area contributed by atoms with Crippen molar-refractivity contribution in [1.82, 2.24) is 19.7 Å². The number of carbonyl (C=O) groups excluding carboxylic acids is 1. The number of fused-ring (bicyclic) bond motifs is 2. The second kappa shape index (κ2) is 15.1. The van der Waals surface area contributed by atoms with Crippen LogP contribution in [0.3, 0.4) is 0 Å². The number of H-pyrrole nitrogens is 1. The Morgan fingerprint density at radius 3 is 2.67 bits per heavy atom. The summed E-state index contributed by atoms with van der Waals surface area (Å²) in [7, 11) is 1.90. The van der Waals surface area contributed by atoms with E-state index in [0.717, 1.165) is 69.4 Å². The molecule has 6 rings (SSSR count). The topological polar surface area (TPSA) is 102 Å². The molecule has 1 aliphatic heterocycles. The van der Waals surface area contributed by atoms with Crippen LogP contribution in [0.25, 0.3) is 32.8 Å². The van der Waals surface area contributed by atoms with Crippen molar-refractivity contribution >= 4 is 39.2 Å². The van der Waals surface area contributed by atoms with E-state index >= 15 is 0 Å². The number of hydrogen-bond acceptors (Lipinski definition) is 7. The van der Waals surface area contributed by atoms with Crippen LogP contribution in [0, 0.1) is 6.92 Å². The van der Waals surface area contributed by atoms with E-state index in [0.29, 0.717) is 61.9 Å². The van der Waals surface area contributed by atoms with Gasteiger partial charge in [0, 0.05) is 54.3 Å². The molecule has 3 heterocycles. The van der Waals surface area contributed by atoms with E-state index in [1.54, 1.807) is 6.92 Å². The number of halogens is 1. The molecule has 1 fully saturated rings. The molecule has 3 aromatic carbocycles. The summed E-state index contributed by atoms with van der Waals surface area (Å²) in [5.41, 5.74) is 6.29. The van der Waals surface area contributed by atoms with Crippen LogP contribution in [0.5, 0.6) is 5.75 Å². The lowest BCUT2D eigenvalue weighted by Crippen LogP contribution is -2.37. The number of esters is 1. The van der Waals surface area contributed by atoms with Crippen molar-refractivity contribution in [3.8, 4) is 16.9 Å². The Bertz CT molecular complexity index is 1910. The number of aryl methyl sites for hydroxylation is 3. The zero-order valence-electron chi connectivity index (χ0n) is 28.3. The highest BCUT2D eigenvalue weighted by atomic mass is 35.5. The normalized spacial score (nSPS) is 14.5. The fraction of sp³-hybridized carbons (Fsp3) is 0.421. The van der Waals surface area contributed by atoms with Crippen molar-refractivity contribution in [3.63, 3.8) is 0 Å². The second-order valence-corrected chi connectivity index (χ2v) is 12.8. The Morgan fingerprint density at radius 2 is 1.90 bits per heavy atom. The largest absolute Gasteiger partial charge is 0.493 e. The third-order valence-electron chi connectivity index (χ3n) is 9.25. The summed E-state index contributed by atoms with van der Waals surface area (Å²) in [5, 5.41) is 20.0. The monoisotopic (exact) mass is 672 g/mol. The van der Waals surface area contributed by atoms with Gasteiger partial charge in [-0.25, -0.2) is 4.79 Å². The molecule has 0 amide bonds. The summed E-state index contributed by atoms with van der Waals surface area (Å²) >= 11 is 7.01. The highest BCUT2D eigenvalue weighted by Crippen LogP contribution is 2.43. The number of ether oxygens (including phenoxy) is 3. The SMILES string of the molecule is CCOC(=O)c1[nH]c2c(-c3c([C@H](O)CCN4CCOCC4)nn(C)c3CC)c(Cl)ccc2c1CCCOc1cccc2cc(C)ccc12. The number of morpholine rings is 1. The van der Waals surface area contributed by atoms with Crippen molar-refractivity contribution in [1.29, 1.82) is 0 Å². The van der Waals surface area contributed by atoms with Gasteiger partial charge in [-0.2, -0.15) is 5.10 Å². The van der Waals surface area contributed by atoms with Crippen LogP contribution in [0.15, 0.2) is 48.5 Å². The van der Waals surface area contributed by atoms with Gasteiger partial charge in [0.2, 0.25) is 0 Å². The molecule has 0 saturated carbocycles. The molecule has 254 valence electrons. The van der Waals surface area contributed by atoms with Gasteiger partial charge in [-0.15, -0.1) is 0 Å². The van der Waals surface area contributed by atoms with E-state index in [4.69, 9.17) is 30.9 Å². The number of aromatic amines is 1. The Morgan fingerprint density at radius 1 is 1.10 bits per heavy atom. The van der Waals surface area contributed by atoms with Gasteiger partial charge in [0.05, 0.1) is 48.8 Å². The molecule has 10 heteroatoms. The molecule has 9 nitrogen and oxygen atoms in total. The van der Waals surface area contributed by atoms with Crippen LogP contribution in [-0.2, 0) is 29.4 Å². The third kappa shape index (κ3) is 6.96. The first kappa shape index (κ1) is 34.0. The smallest absolute Gasteiger partial charge is 0.355 e. The molecule has 1 saturated heterocycles. The number of hydrogen-bond donors (Lipinski definition) is 2. The zero-order valence-corrected chi connectivity index (χ0v) is 29.0. The number of benzene rings is 3. The first-order valence-electron chi connectivity index (χ1n) is 17.0. The van der Waals surface area contributed by atoms with Gasteiger partial charge in [0.1, 0.15) is 11.4 Å². The fourth-order valence-corrected chi connectivity index (χ4v) is 7.12. The molecule has 1 aliphatic rings. The van der Waals surface area contributed by atoms with Crippen molar-refractivity contribution in [2.75, 3.05) is 46.1 Å². The Balaban J connectivity index is 1.33. The number of nitrogens with one attached hydrogen (secondary N) is 1. The lowest BCUT2D eigenvalue weighted by atomic mass is 9.95. The molecule has 2 aromatic heterocycles. The maximum Gasteiger partial charge on any atom is 0.355 e. The van der Waals surface area contributed by atoms with E-state index in [1.165, 1.54) is 5.56 Å². The maximum atomic E-state index is 13.3. The van der Waals surface area contributed by atoms with Gasteiger partial charge in [-0.05, 0) is 62.6 Å². The minimum atomic E-state index is -0.797. The minimum absolute atomic E-state index is 0.257. The molecule has 2 N–H and O–H groups in total. The molecular weight excluding hydrogens is 628 g/mol. The second-order valence-electron chi connectivity index (χ2n) is 12.4. The number of nitrogens with zero attached hydrogens (tertiary/aromatic N) is 3. The predicted molar refractivity (Wildman–Crippen MR) is 190 cm³/mol. The summed E-state index contributed by atoms with van der Waals surface area (Å²) < 4.78 is 19.1. The summed E-state index contributed by atoms with van der Waals surface area (Å²) in [4.78, 5) is 19.1. The Kier molecular flexibility index (Phi) is 10.7. The van der Waals surface area contributed by atoms with Gasteiger partial charge >= 0.3 is 5.97 Å².